The van der Waals surface area contributed by atoms with Crippen LogP contribution in [0.25, 0.3) is 0 Å². The normalized spacial score (nSPS) is 24.4. The molecular formula is C9H7Br2ClO. The standard InChI is InChI=1S/C9H7Br2ClO/c10-9(11)4-6(9)5-2-1-3-7(12)8(5)13/h1-3,6,13H,4H2. The van der Waals surface area contributed by atoms with Gasteiger partial charge in [-0.3, -0.25) is 0 Å². The molecule has 0 aromatic heterocycles. The highest BCUT2D eigenvalue weighted by Gasteiger charge is 2.52. The Labute approximate surface area is 98.4 Å². The summed E-state index contributed by atoms with van der Waals surface area (Å²) in [6.45, 7) is 0. The number of rotatable bonds is 1. The molecule has 0 spiro atoms. The number of para-hydroxylation sites is 1. The number of benzene rings is 1. The lowest BCUT2D eigenvalue weighted by molar-refractivity contribution is 0.468. The Morgan fingerprint density at radius 2 is 2.08 bits per heavy atom. The van der Waals surface area contributed by atoms with Crippen LogP contribution in [0.5, 0.6) is 5.75 Å². The van der Waals surface area contributed by atoms with Gasteiger partial charge in [0.1, 0.15) is 5.75 Å². The first-order valence-corrected chi connectivity index (χ1v) is 5.84. The SMILES string of the molecule is Oc1c(Cl)cccc1C1CC1(Br)Br. The smallest absolute Gasteiger partial charge is 0.137 e. The molecule has 1 N–H and O–H groups in total. The van der Waals surface area contributed by atoms with E-state index in [1.54, 1.807) is 6.07 Å². The van der Waals surface area contributed by atoms with Crippen molar-refractivity contribution in [3.8, 4) is 5.75 Å². The molecule has 1 aliphatic rings. The molecule has 70 valence electrons. The minimum absolute atomic E-state index is 0.0395. The lowest BCUT2D eigenvalue weighted by Gasteiger charge is -2.05. The Bertz CT molecular complexity index is 351. The molecule has 0 amide bonds. The molecule has 2 rings (SSSR count). The Kier molecular flexibility index (Phi) is 2.37. The maximum Gasteiger partial charge on any atom is 0.137 e. The van der Waals surface area contributed by atoms with Gasteiger partial charge in [-0.25, -0.2) is 0 Å². The van der Waals surface area contributed by atoms with Crippen LogP contribution in [-0.4, -0.2) is 8.34 Å². The van der Waals surface area contributed by atoms with Gasteiger partial charge in [0.05, 0.1) is 8.26 Å². The molecule has 13 heavy (non-hydrogen) atoms. The number of hydrogen-bond acceptors (Lipinski definition) is 1. The lowest BCUT2D eigenvalue weighted by Crippen LogP contribution is -1.89. The second kappa shape index (κ2) is 3.14. The fourth-order valence-electron chi connectivity index (χ4n) is 1.36. The lowest BCUT2D eigenvalue weighted by atomic mass is 10.1. The summed E-state index contributed by atoms with van der Waals surface area (Å²) in [4.78, 5) is 0. The quantitative estimate of drug-likeness (QED) is 0.773. The summed E-state index contributed by atoms with van der Waals surface area (Å²) >= 11 is 12.8. The van der Waals surface area contributed by atoms with E-state index in [0.717, 1.165) is 12.0 Å². The van der Waals surface area contributed by atoms with Crippen LogP contribution in [0, 0.1) is 0 Å². The van der Waals surface area contributed by atoms with Crippen LogP contribution in [-0.2, 0) is 0 Å². The molecule has 1 aromatic carbocycles. The van der Waals surface area contributed by atoms with Crippen LogP contribution < -0.4 is 0 Å². The van der Waals surface area contributed by atoms with Gasteiger partial charge in [0, 0.05) is 11.5 Å². The van der Waals surface area contributed by atoms with Gasteiger partial charge in [-0.05, 0) is 12.5 Å². The van der Waals surface area contributed by atoms with E-state index < -0.39 is 0 Å². The third-order valence-electron chi connectivity index (χ3n) is 2.22. The largest absolute Gasteiger partial charge is 0.506 e. The van der Waals surface area contributed by atoms with Gasteiger partial charge in [0.15, 0.2) is 0 Å². The zero-order valence-electron chi connectivity index (χ0n) is 6.60. The van der Waals surface area contributed by atoms with Crippen molar-refractivity contribution >= 4 is 43.5 Å². The van der Waals surface area contributed by atoms with Gasteiger partial charge in [0.2, 0.25) is 0 Å². The second-order valence-electron chi connectivity index (χ2n) is 3.20. The number of alkyl halides is 2. The molecule has 0 saturated heterocycles. The fourth-order valence-corrected chi connectivity index (χ4v) is 2.69. The van der Waals surface area contributed by atoms with Crippen molar-refractivity contribution < 1.29 is 5.11 Å². The van der Waals surface area contributed by atoms with E-state index in [1.807, 2.05) is 12.1 Å². The Hall–Kier alpha value is 0.270. The van der Waals surface area contributed by atoms with Crippen molar-refractivity contribution in [2.24, 2.45) is 0 Å². The molecule has 1 unspecified atom stereocenters. The fraction of sp³-hybridized carbons (Fsp3) is 0.333. The van der Waals surface area contributed by atoms with Crippen LogP contribution >= 0.6 is 43.5 Å². The van der Waals surface area contributed by atoms with Gasteiger partial charge >= 0.3 is 0 Å². The summed E-state index contributed by atoms with van der Waals surface area (Å²) in [5.74, 6) is 0.515. The van der Waals surface area contributed by atoms with Crippen LogP contribution in [0.2, 0.25) is 5.02 Å². The summed E-state index contributed by atoms with van der Waals surface area (Å²) in [6, 6.07) is 5.44. The van der Waals surface area contributed by atoms with Crippen LogP contribution in [0.1, 0.15) is 17.9 Å². The number of phenolic OH excluding ortho intramolecular Hbond substituents is 1. The molecule has 4 heteroatoms. The monoisotopic (exact) mass is 324 g/mol. The Balaban J connectivity index is 2.38. The van der Waals surface area contributed by atoms with Crippen molar-refractivity contribution in [2.75, 3.05) is 0 Å². The van der Waals surface area contributed by atoms with E-state index in [2.05, 4.69) is 31.9 Å². The zero-order chi connectivity index (χ0) is 9.64. The van der Waals surface area contributed by atoms with Gasteiger partial charge in [-0.15, -0.1) is 0 Å². The minimum Gasteiger partial charge on any atom is -0.506 e. The van der Waals surface area contributed by atoms with Gasteiger partial charge in [-0.2, -0.15) is 0 Å². The first kappa shape index (κ1) is 9.81. The number of hydrogen-bond donors (Lipinski definition) is 1. The first-order valence-electron chi connectivity index (χ1n) is 3.87. The van der Waals surface area contributed by atoms with E-state index in [4.69, 9.17) is 11.6 Å². The number of halogens is 3. The predicted octanol–water partition coefficient (Wildman–Crippen LogP) is 4.02. The van der Waals surface area contributed by atoms with Crippen LogP contribution in [0.4, 0.5) is 0 Å². The molecule has 1 fully saturated rings. The van der Waals surface area contributed by atoms with Crippen molar-refractivity contribution in [1.82, 2.24) is 0 Å². The summed E-state index contributed by atoms with van der Waals surface area (Å²) in [5.41, 5.74) is 0.904. The third kappa shape index (κ3) is 1.74. The number of aromatic hydroxyl groups is 1. The average molecular weight is 326 g/mol. The molecule has 1 aromatic rings. The first-order chi connectivity index (χ1) is 6.02. The van der Waals surface area contributed by atoms with Crippen LogP contribution in [0.15, 0.2) is 18.2 Å². The summed E-state index contributed by atoms with van der Waals surface area (Å²) in [5, 5.41) is 10.1. The molecular weight excluding hydrogens is 319 g/mol. The molecule has 1 saturated carbocycles. The topological polar surface area (TPSA) is 20.2 Å². The minimum atomic E-state index is -0.0395. The summed E-state index contributed by atoms with van der Waals surface area (Å²) in [7, 11) is 0. The zero-order valence-corrected chi connectivity index (χ0v) is 10.5. The van der Waals surface area contributed by atoms with Gasteiger partial charge < -0.3 is 5.11 Å². The second-order valence-corrected chi connectivity index (χ2v) is 7.50. The van der Waals surface area contributed by atoms with E-state index in [-0.39, 0.29) is 8.98 Å². The van der Waals surface area contributed by atoms with E-state index in [1.165, 1.54) is 0 Å². The molecule has 1 atom stereocenters. The van der Waals surface area contributed by atoms with Crippen molar-refractivity contribution in [3.63, 3.8) is 0 Å². The highest BCUT2D eigenvalue weighted by molar-refractivity contribution is 9.25. The maximum atomic E-state index is 9.67. The van der Waals surface area contributed by atoms with Crippen molar-refractivity contribution in [1.29, 1.82) is 0 Å². The van der Waals surface area contributed by atoms with Crippen molar-refractivity contribution in [3.05, 3.63) is 28.8 Å². The van der Waals surface area contributed by atoms with E-state index in [9.17, 15) is 5.11 Å². The highest BCUT2D eigenvalue weighted by atomic mass is 79.9. The molecule has 0 heterocycles. The van der Waals surface area contributed by atoms with Gasteiger partial charge in [-0.1, -0.05) is 55.6 Å². The molecule has 0 bridgehead atoms. The van der Waals surface area contributed by atoms with Crippen molar-refractivity contribution in [2.45, 2.75) is 15.6 Å². The molecule has 1 nitrogen and oxygen atoms in total. The molecule has 0 aliphatic heterocycles. The van der Waals surface area contributed by atoms with E-state index in [0.29, 0.717) is 10.9 Å². The summed E-state index contributed by atoms with van der Waals surface area (Å²) in [6.07, 6.45) is 0.973. The van der Waals surface area contributed by atoms with E-state index >= 15 is 0 Å². The Morgan fingerprint density at radius 1 is 1.46 bits per heavy atom. The molecule has 0 radical (unpaired) electrons. The molecule has 1 aliphatic carbocycles. The maximum absolute atomic E-state index is 9.67. The predicted molar refractivity (Wildman–Crippen MR) is 61.1 cm³/mol. The number of phenols is 1. The third-order valence-corrected chi connectivity index (χ3v) is 4.28. The van der Waals surface area contributed by atoms with Crippen LogP contribution in [0.3, 0.4) is 0 Å². The average Bonchev–Trinajstić information content (AvgIpc) is 2.66. The highest BCUT2D eigenvalue weighted by Crippen LogP contribution is 2.63. The summed E-state index contributed by atoms with van der Waals surface area (Å²) < 4.78 is -0.0395. The Morgan fingerprint density at radius 3 is 2.62 bits per heavy atom. The van der Waals surface area contributed by atoms with Gasteiger partial charge in [0.25, 0.3) is 0 Å².